The minimum Gasteiger partial charge on any atom is -0.492 e. The van der Waals surface area contributed by atoms with Crippen molar-refractivity contribution in [2.24, 2.45) is 0 Å². The highest BCUT2D eigenvalue weighted by Gasteiger charge is 2.05. The van der Waals surface area contributed by atoms with Crippen LogP contribution in [-0.2, 0) is 6.42 Å². The molecule has 2 aromatic carbocycles. The number of benzene rings is 2. The van der Waals surface area contributed by atoms with Crippen LogP contribution >= 0.6 is 15.9 Å². The largest absolute Gasteiger partial charge is 0.492 e. The maximum atomic E-state index is 10.6. The fourth-order valence-corrected chi connectivity index (χ4v) is 2.39. The highest BCUT2D eigenvalue weighted by atomic mass is 79.9. The number of hydrogen-bond donors (Lipinski definition) is 0. The average molecular weight is 336 g/mol. The molecular weight excluding hydrogens is 322 g/mol. The zero-order chi connectivity index (χ0) is 14.5. The van der Waals surface area contributed by atoms with Gasteiger partial charge in [0.05, 0.1) is 16.0 Å². The van der Waals surface area contributed by atoms with Crippen molar-refractivity contribution in [1.29, 1.82) is 0 Å². The lowest BCUT2D eigenvalue weighted by atomic mass is 10.1. The molecule has 0 fully saturated rings. The predicted octanol–water partition coefficient (Wildman–Crippen LogP) is 4.29. The van der Waals surface area contributed by atoms with Crippen LogP contribution < -0.4 is 4.74 Å². The summed E-state index contributed by atoms with van der Waals surface area (Å²) in [7, 11) is 0. The van der Waals surface area contributed by atoms with E-state index in [1.165, 1.54) is 17.7 Å². The molecule has 2 rings (SSSR count). The first-order chi connectivity index (χ1) is 9.56. The second-order valence-electron chi connectivity index (χ2n) is 4.46. The molecule has 20 heavy (non-hydrogen) atoms. The third kappa shape index (κ3) is 3.81. The number of non-ortho nitro benzene ring substituents is 1. The van der Waals surface area contributed by atoms with Crippen molar-refractivity contribution in [2.75, 3.05) is 6.61 Å². The molecule has 4 nitrogen and oxygen atoms in total. The smallest absolute Gasteiger partial charge is 0.269 e. The Labute approximate surface area is 125 Å². The van der Waals surface area contributed by atoms with Gasteiger partial charge < -0.3 is 4.74 Å². The Kier molecular flexibility index (Phi) is 4.74. The third-order valence-electron chi connectivity index (χ3n) is 2.88. The molecule has 0 saturated heterocycles. The Morgan fingerprint density at radius 3 is 2.50 bits per heavy atom. The summed E-state index contributed by atoms with van der Waals surface area (Å²) in [6.07, 6.45) is 0.707. The summed E-state index contributed by atoms with van der Waals surface area (Å²) in [6, 6.07) is 12.5. The molecule has 104 valence electrons. The van der Waals surface area contributed by atoms with Crippen LogP contribution in [0.25, 0.3) is 0 Å². The van der Waals surface area contributed by atoms with Crippen molar-refractivity contribution in [3.8, 4) is 5.75 Å². The quantitative estimate of drug-likeness (QED) is 0.605. The van der Waals surface area contributed by atoms with Gasteiger partial charge in [0, 0.05) is 18.6 Å². The van der Waals surface area contributed by atoms with E-state index in [4.69, 9.17) is 4.74 Å². The molecule has 0 aromatic heterocycles. The highest BCUT2D eigenvalue weighted by Crippen LogP contribution is 2.25. The fraction of sp³-hybridized carbons (Fsp3) is 0.200. The number of ether oxygens (including phenoxy) is 1. The molecule has 5 heteroatoms. The number of nitrogens with zero attached hydrogens (tertiary/aromatic N) is 1. The van der Waals surface area contributed by atoms with Crippen molar-refractivity contribution in [3.05, 3.63) is 68.2 Å². The van der Waals surface area contributed by atoms with Crippen LogP contribution in [0.3, 0.4) is 0 Å². The van der Waals surface area contributed by atoms with Crippen LogP contribution in [0, 0.1) is 17.0 Å². The molecule has 0 N–H and O–H groups in total. The molecule has 0 aliphatic heterocycles. The van der Waals surface area contributed by atoms with Crippen LogP contribution in [0.4, 0.5) is 5.69 Å². The number of nitro benzene ring substituents is 1. The first-order valence-electron chi connectivity index (χ1n) is 6.18. The molecule has 0 saturated carbocycles. The maximum absolute atomic E-state index is 10.6. The Hall–Kier alpha value is -1.88. The summed E-state index contributed by atoms with van der Waals surface area (Å²) in [5.41, 5.74) is 2.29. The van der Waals surface area contributed by atoms with Gasteiger partial charge in [-0.2, -0.15) is 0 Å². The lowest BCUT2D eigenvalue weighted by Gasteiger charge is -2.08. The van der Waals surface area contributed by atoms with E-state index in [1.54, 1.807) is 12.1 Å². The minimum absolute atomic E-state index is 0.107. The van der Waals surface area contributed by atoms with Crippen LogP contribution in [0.15, 0.2) is 46.9 Å². The van der Waals surface area contributed by atoms with Crippen molar-refractivity contribution < 1.29 is 9.66 Å². The van der Waals surface area contributed by atoms with E-state index in [0.717, 1.165) is 15.8 Å². The molecule has 0 unspecified atom stereocenters. The van der Waals surface area contributed by atoms with E-state index in [-0.39, 0.29) is 5.69 Å². The predicted molar refractivity (Wildman–Crippen MR) is 81.2 cm³/mol. The molecule has 2 aromatic rings. The first kappa shape index (κ1) is 14.5. The second-order valence-corrected chi connectivity index (χ2v) is 5.31. The van der Waals surface area contributed by atoms with E-state index < -0.39 is 4.92 Å². The number of hydrogen-bond acceptors (Lipinski definition) is 3. The monoisotopic (exact) mass is 335 g/mol. The Morgan fingerprint density at radius 1 is 1.20 bits per heavy atom. The molecule has 0 amide bonds. The Morgan fingerprint density at radius 2 is 1.90 bits per heavy atom. The third-order valence-corrected chi connectivity index (χ3v) is 3.50. The second kappa shape index (κ2) is 6.52. The Bertz CT molecular complexity index is 611. The molecule has 0 bridgehead atoms. The van der Waals surface area contributed by atoms with Gasteiger partial charge in [0.25, 0.3) is 5.69 Å². The Balaban J connectivity index is 1.91. The van der Waals surface area contributed by atoms with Gasteiger partial charge in [0.1, 0.15) is 5.75 Å². The molecule has 0 aliphatic carbocycles. The van der Waals surface area contributed by atoms with E-state index in [1.807, 2.05) is 25.1 Å². The average Bonchev–Trinajstić information content (AvgIpc) is 2.42. The number of rotatable bonds is 5. The summed E-state index contributed by atoms with van der Waals surface area (Å²) < 4.78 is 6.62. The zero-order valence-electron chi connectivity index (χ0n) is 11.0. The van der Waals surface area contributed by atoms with Gasteiger partial charge in [-0.1, -0.05) is 18.2 Å². The normalized spacial score (nSPS) is 10.3. The van der Waals surface area contributed by atoms with E-state index >= 15 is 0 Å². The van der Waals surface area contributed by atoms with Crippen molar-refractivity contribution >= 4 is 21.6 Å². The van der Waals surface area contributed by atoms with Gasteiger partial charge >= 0.3 is 0 Å². The van der Waals surface area contributed by atoms with E-state index in [9.17, 15) is 10.1 Å². The van der Waals surface area contributed by atoms with Crippen LogP contribution in [0.1, 0.15) is 11.1 Å². The summed E-state index contributed by atoms with van der Waals surface area (Å²) in [4.78, 5) is 10.2. The lowest BCUT2D eigenvalue weighted by molar-refractivity contribution is -0.384. The summed E-state index contributed by atoms with van der Waals surface area (Å²) in [5.74, 6) is 0.803. The van der Waals surface area contributed by atoms with Gasteiger partial charge in [-0.3, -0.25) is 10.1 Å². The van der Waals surface area contributed by atoms with Crippen LogP contribution in [0.2, 0.25) is 0 Å². The standard InChI is InChI=1S/C15H14BrNO3/c1-11-2-7-15(14(16)10-11)20-9-8-12-3-5-13(6-4-12)17(18)19/h2-7,10H,8-9H2,1H3. The summed E-state index contributed by atoms with van der Waals surface area (Å²) in [5, 5.41) is 10.6. The van der Waals surface area contributed by atoms with Gasteiger partial charge in [0.15, 0.2) is 0 Å². The topological polar surface area (TPSA) is 52.4 Å². The lowest BCUT2D eigenvalue weighted by Crippen LogP contribution is -2.02. The SMILES string of the molecule is Cc1ccc(OCCc2ccc([N+](=O)[O-])cc2)c(Br)c1. The molecular formula is C15H14BrNO3. The van der Waals surface area contributed by atoms with Crippen LogP contribution in [-0.4, -0.2) is 11.5 Å². The van der Waals surface area contributed by atoms with Gasteiger partial charge in [-0.05, 0) is 46.1 Å². The highest BCUT2D eigenvalue weighted by molar-refractivity contribution is 9.10. The van der Waals surface area contributed by atoms with Gasteiger partial charge in [0.2, 0.25) is 0 Å². The summed E-state index contributed by atoms with van der Waals surface area (Å²) >= 11 is 3.46. The maximum Gasteiger partial charge on any atom is 0.269 e. The van der Waals surface area contributed by atoms with Gasteiger partial charge in [-0.25, -0.2) is 0 Å². The van der Waals surface area contributed by atoms with Crippen LogP contribution in [0.5, 0.6) is 5.75 Å². The number of nitro groups is 1. The molecule has 0 spiro atoms. The summed E-state index contributed by atoms with van der Waals surface area (Å²) in [6.45, 7) is 2.55. The molecule has 0 atom stereocenters. The zero-order valence-corrected chi connectivity index (χ0v) is 12.6. The van der Waals surface area contributed by atoms with E-state index in [0.29, 0.717) is 13.0 Å². The number of aryl methyl sites for hydroxylation is 1. The van der Waals surface area contributed by atoms with Crippen molar-refractivity contribution in [3.63, 3.8) is 0 Å². The van der Waals surface area contributed by atoms with Crippen molar-refractivity contribution in [1.82, 2.24) is 0 Å². The van der Waals surface area contributed by atoms with E-state index in [2.05, 4.69) is 15.9 Å². The molecule has 0 radical (unpaired) electrons. The molecule has 0 aliphatic rings. The number of halogens is 1. The molecule has 0 heterocycles. The van der Waals surface area contributed by atoms with Crippen molar-refractivity contribution in [2.45, 2.75) is 13.3 Å². The fourth-order valence-electron chi connectivity index (χ4n) is 1.79. The van der Waals surface area contributed by atoms with Gasteiger partial charge in [-0.15, -0.1) is 0 Å². The minimum atomic E-state index is -0.399. The first-order valence-corrected chi connectivity index (χ1v) is 6.98.